The van der Waals surface area contributed by atoms with Gasteiger partial charge < -0.3 is 9.47 Å². The van der Waals surface area contributed by atoms with Crippen molar-refractivity contribution in [1.29, 1.82) is 5.26 Å². The molecule has 90 valence electrons. The molecule has 0 amide bonds. The van der Waals surface area contributed by atoms with Crippen LogP contribution in [0.2, 0.25) is 0 Å². The maximum absolute atomic E-state index is 11.1. The first-order valence-electron chi connectivity index (χ1n) is 4.82. The molecule has 0 atom stereocenters. The van der Waals surface area contributed by atoms with Crippen molar-refractivity contribution in [1.82, 2.24) is 4.98 Å². The molecule has 0 radical (unpaired) electrons. The molecule has 0 aliphatic heterocycles. The van der Waals surface area contributed by atoms with Crippen molar-refractivity contribution in [2.45, 2.75) is 12.8 Å². The van der Waals surface area contributed by atoms with Crippen LogP contribution in [-0.4, -0.2) is 25.2 Å². The summed E-state index contributed by atoms with van der Waals surface area (Å²) in [4.78, 5) is 15.1. The number of carbonyl (C=O) groups excluding carboxylic acids is 1. The van der Waals surface area contributed by atoms with E-state index in [1.54, 1.807) is 0 Å². The van der Waals surface area contributed by atoms with E-state index in [2.05, 4.69) is 31.7 Å². The van der Waals surface area contributed by atoms with Gasteiger partial charge in [-0.05, 0) is 22.4 Å². The largest absolute Gasteiger partial charge is 0.481 e. The van der Waals surface area contributed by atoms with Gasteiger partial charge in [0, 0.05) is 18.2 Å². The number of aromatic nitrogens is 1. The lowest BCUT2D eigenvalue weighted by molar-refractivity contribution is -0.140. The Balaban J connectivity index is 3.06. The fourth-order valence-corrected chi connectivity index (χ4v) is 1.80. The first-order chi connectivity index (χ1) is 8.13. The number of halogens is 1. The number of rotatable bonds is 4. The summed E-state index contributed by atoms with van der Waals surface area (Å²) < 4.78 is 10.2. The highest BCUT2D eigenvalue weighted by molar-refractivity contribution is 9.10. The Morgan fingerprint density at radius 2 is 2.29 bits per heavy atom. The van der Waals surface area contributed by atoms with Crippen LogP contribution >= 0.6 is 15.9 Å². The number of hydrogen-bond acceptors (Lipinski definition) is 5. The summed E-state index contributed by atoms with van der Waals surface area (Å²) in [6.07, 6.45) is 2.03. The molecule has 1 aromatic heterocycles. The van der Waals surface area contributed by atoms with E-state index >= 15 is 0 Å². The zero-order valence-corrected chi connectivity index (χ0v) is 11.1. The van der Waals surface area contributed by atoms with Crippen molar-refractivity contribution in [2.24, 2.45) is 0 Å². The zero-order chi connectivity index (χ0) is 12.8. The average Bonchev–Trinajstić information content (AvgIpc) is 2.35. The molecule has 0 bridgehead atoms. The number of ether oxygens (including phenoxy) is 2. The van der Waals surface area contributed by atoms with E-state index in [1.165, 1.54) is 20.4 Å². The van der Waals surface area contributed by atoms with Crippen LogP contribution in [-0.2, 0) is 16.0 Å². The summed E-state index contributed by atoms with van der Waals surface area (Å²) >= 11 is 3.24. The Morgan fingerprint density at radius 3 is 2.82 bits per heavy atom. The van der Waals surface area contributed by atoms with E-state index < -0.39 is 0 Å². The van der Waals surface area contributed by atoms with Crippen LogP contribution in [0.5, 0.6) is 5.88 Å². The van der Waals surface area contributed by atoms with Gasteiger partial charge in [0.25, 0.3) is 0 Å². The van der Waals surface area contributed by atoms with E-state index in [1.807, 2.05) is 0 Å². The first-order valence-corrected chi connectivity index (χ1v) is 5.61. The SMILES string of the molecule is COC(=O)CCc1c(OC)ncc(Br)c1C#N. The summed E-state index contributed by atoms with van der Waals surface area (Å²) in [6, 6.07) is 2.06. The van der Waals surface area contributed by atoms with Crippen LogP contribution in [0.4, 0.5) is 0 Å². The minimum atomic E-state index is -0.337. The molecule has 1 rings (SSSR count). The van der Waals surface area contributed by atoms with Gasteiger partial charge in [0.2, 0.25) is 5.88 Å². The molecule has 5 nitrogen and oxygen atoms in total. The van der Waals surface area contributed by atoms with Gasteiger partial charge in [-0.3, -0.25) is 4.79 Å². The summed E-state index contributed by atoms with van der Waals surface area (Å²) in [5.41, 5.74) is 1.04. The minimum absolute atomic E-state index is 0.180. The predicted octanol–water partition coefficient (Wildman–Crippen LogP) is 1.83. The van der Waals surface area contributed by atoms with E-state index in [0.717, 1.165) is 0 Å². The lowest BCUT2D eigenvalue weighted by Crippen LogP contribution is -2.05. The van der Waals surface area contributed by atoms with Crippen molar-refractivity contribution in [3.8, 4) is 11.9 Å². The van der Waals surface area contributed by atoms with Crippen molar-refractivity contribution >= 4 is 21.9 Å². The van der Waals surface area contributed by atoms with Crippen LogP contribution in [0.3, 0.4) is 0 Å². The number of carbonyl (C=O) groups is 1. The average molecular weight is 299 g/mol. The molecule has 0 aromatic carbocycles. The highest BCUT2D eigenvalue weighted by Gasteiger charge is 2.15. The molecule has 1 aromatic rings. The predicted molar refractivity (Wildman–Crippen MR) is 63.5 cm³/mol. The van der Waals surface area contributed by atoms with E-state index in [-0.39, 0.29) is 12.4 Å². The number of hydrogen-bond donors (Lipinski definition) is 0. The Kier molecular flexibility index (Phi) is 4.91. The van der Waals surface area contributed by atoms with Gasteiger partial charge in [0.15, 0.2) is 0 Å². The van der Waals surface area contributed by atoms with E-state index in [4.69, 9.17) is 10.00 Å². The van der Waals surface area contributed by atoms with Crippen molar-refractivity contribution in [2.75, 3.05) is 14.2 Å². The number of methoxy groups -OCH3 is 2. The highest BCUT2D eigenvalue weighted by atomic mass is 79.9. The van der Waals surface area contributed by atoms with Gasteiger partial charge in [0.05, 0.1) is 24.3 Å². The molecule has 0 saturated heterocycles. The summed E-state index contributed by atoms with van der Waals surface area (Å²) in [6.45, 7) is 0. The smallest absolute Gasteiger partial charge is 0.305 e. The second-order valence-corrected chi connectivity index (χ2v) is 4.01. The van der Waals surface area contributed by atoms with Crippen LogP contribution in [0.1, 0.15) is 17.5 Å². The fourth-order valence-electron chi connectivity index (χ4n) is 1.37. The lowest BCUT2D eigenvalue weighted by atomic mass is 10.1. The van der Waals surface area contributed by atoms with Crippen LogP contribution in [0.25, 0.3) is 0 Å². The second-order valence-electron chi connectivity index (χ2n) is 3.16. The minimum Gasteiger partial charge on any atom is -0.481 e. The molecule has 1 heterocycles. The maximum Gasteiger partial charge on any atom is 0.305 e. The summed E-state index contributed by atoms with van der Waals surface area (Å²) in [7, 11) is 2.79. The lowest BCUT2D eigenvalue weighted by Gasteiger charge is -2.09. The van der Waals surface area contributed by atoms with E-state index in [9.17, 15) is 4.79 Å². The van der Waals surface area contributed by atoms with Crippen molar-refractivity contribution in [3.63, 3.8) is 0 Å². The normalized spacial score (nSPS) is 9.53. The molecule has 6 heteroatoms. The zero-order valence-electron chi connectivity index (χ0n) is 9.49. The molecule has 0 spiro atoms. The quantitative estimate of drug-likeness (QED) is 0.793. The number of pyridine rings is 1. The van der Waals surface area contributed by atoms with E-state index in [0.29, 0.717) is 27.9 Å². The van der Waals surface area contributed by atoms with Crippen LogP contribution < -0.4 is 4.74 Å². The maximum atomic E-state index is 11.1. The topological polar surface area (TPSA) is 72.2 Å². The third kappa shape index (κ3) is 3.17. The highest BCUT2D eigenvalue weighted by Crippen LogP contribution is 2.27. The molecule has 0 unspecified atom stereocenters. The number of nitrogens with zero attached hydrogens (tertiary/aromatic N) is 2. The Morgan fingerprint density at radius 1 is 1.59 bits per heavy atom. The molecule has 0 aliphatic carbocycles. The summed E-state index contributed by atoms with van der Waals surface area (Å²) in [5.74, 6) is 0.0181. The number of esters is 1. The molecule has 0 N–H and O–H groups in total. The molecule has 0 fully saturated rings. The molecular formula is C11H11BrN2O3. The Hall–Kier alpha value is -1.61. The van der Waals surface area contributed by atoms with Crippen molar-refractivity contribution in [3.05, 3.63) is 21.8 Å². The Labute approximate surface area is 107 Å². The number of nitriles is 1. The van der Waals surface area contributed by atoms with Gasteiger partial charge in [-0.1, -0.05) is 0 Å². The van der Waals surface area contributed by atoms with Gasteiger partial charge in [-0.25, -0.2) is 4.98 Å². The summed E-state index contributed by atoms with van der Waals surface area (Å²) in [5, 5.41) is 9.06. The van der Waals surface area contributed by atoms with Crippen molar-refractivity contribution < 1.29 is 14.3 Å². The van der Waals surface area contributed by atoms with Gasteiger partial charge in [-0.2, -0.15) is 5.26 Å². The third-order valence-corrected chi connectivity index (χ3v) is 2.81. The van der Waals surface area contributed by atoms with Gasteiger partial charge in [0.1, 0.15) is 6.07 Å². The third-order valence-electron chi connectivity index (χ3n) is 2.21. The fraction of sp³-hybridized carbons (Fsp3) is 0.364. The Bertz CT molecular complexity index is 469. The van der Waals surface area contributed by atoms with Gasteiger partial charge in [-0.15, -0.1) is 0 Å². The molecule has 0 saturated carbocycles. The van der Waals surface area contributed by atoms with Crippen LogP contribution in [0, 0.1) is 11.3 Å². The monoisotopic (exact) mass is 298 g/mol. The van der Waals surface area contributed by atoms with Gasteiger partial charge >= 0.3 is 5.97 Å². The second kappa shape index (κ2) is 6.21. The molecular weight excluding hydrogens is 288 g/mol. The standard InChI is InChI=1S/C11H11BrN2O3/c1-16-10(15)4-3-7-8(5-13)9(12)6-14-11(7)17-2/h6H,3-4H2,1-2H3. The molecule has 0 aliphatic rings. The first kappa shape index (κ1) is 13.5. The molecule has 17 heavy (non-hydrogen) atoms. The van der Waals surface area contributed by atoms with Crippen LogP contribution in [0.15, 0.2) is 10.7 Å².